The second kappa shape index (κ2) is 3.51. The minimum absolute atomic E-state index is 0.147. The van der Waals surface area contributed by atoms with E-state index in [1.165, 1.54) is 0 Å². The zero-order valence-electron chi connectivity index (χ0n) is 9.16. The molecule has 2 rings (SSSR count). The van der Waals surface area contributed by atoms with Crippen molar-refractivity contribution in [3.05, 3.63) is 29.3 Å². The summed E-state index contributed by atoms with van der Waals surface area (Å²) < 4.78 is 5.29. The molecule has 3 N–H and O–H groups in total. The molecule has 0 amide bonds. The van der Waals surface area contributed by atoms with Crippen molar-refractivity contribution in [1.82, 2.24) is 0 Å². The topological polar surface area (TPSA) is 55.5 Å². The van der Waals surface area contributed by atoms with E-state index in [1.807, 2.05) is 25.1 Å². The summed E-state index contributed by atoms with van der Waals surface area (Å²) >= 11 is 0. The number of aliphatic hydroxyl groups is 1. The Morgan fingerprint density at radius 1 is 1.60 bits per heavy atom. The quantitative estimate of drug-likeness (QED) is 0.761. The van der Waals surface area contributed by atoms with Crippen molar-refractivity contribution < 1.29 is 9.84 Å². The van der Waals surface area contributed by atoms with Crippen LogP contribution in [0.25, 0.3) is 0 Å². The summed E-state index contributed by atoms with van der Waals surface area (Å²) in [5.41, 5.74) is 6.81. The van der Waals surface area contributed by atoms with Gasteiger partial charge in [0, 0.05) is 12.1 Å². The van der Waals surface area contributed by atoms with Gasteiger partial charge in [0.25, 0.3) is 0 Å². The largest absolute Gasteiger partial charge is 0.496 e. The van der Waals surface area contributed by atoms with E-state index in [0.717, 1.165) is 23.3 Å². The van der Waals surface area contributed by atoms with Crippen LogP contribution in [0.15, 0.2) is 18.2 Å². The molecular weight excluding hydrogens is 190 g/mol. The van der Waals surface area contributed by atoms with E-state index in [-0.39, 0.29) is 12.5 Å². The summed E-state index contributed by atoms with van der Waals surface area (Å²) in [5, 5.41) is 10.5. The van der Waals surface area contributed by atoms with E-state index >= 15 is 0 Å². The molecule has 1 aromatic carbocycles. The molecule has 0 aromatic heterocycles. The van der Waals surface area contributed by atoms with Gasteiger partial charge in [0.1, 0.15) is 11.4 Å². The molecule has 15 heavy (non-hydrogen) atoms. The number of ether oxygens (including phenoxy) is 1. The Hall–Kier alpha value is -1.06. The molecule has 3 heteroatoms. The molecule has 0 bridgehead atoms. The van der Waals surface area contributed by atoms with Gasteiger partial charge >= 0.3 is 0 Å². The van der Waals surface area contributed by atoms with Crippen LogP contribution in [-0.4, -0.2) is 18.8 Å². The fraction of sp³-hybridized carbons (Fsp3) is 0.500. The molecule has 0 heterocycles. The van der Waals surface area contributed by atoms with Crippen molar-refractivity contribution in [2.45, 2.75) is 18.9 Å². The van der Waals surface area contributed by atoms with Crippen LogP contribution in [0.3, 0.4) is 0 Å². The van der Waals surface area contributed by atoms with E-state index in [1.54, 1.807) is 7.11 Å². The molecule has 0 radical (unpaired) electrons. The average Bonchev–Trinajstić information content (AvgIpc) is 2.52. The van der Waals surface area contributed by atoms with Gasteiger partial charge in [0.2, 0.25) is 0 Å². The molecule has 1 aromatic rings. The van der Waals surface area contributed by atoms with Crippen molar-refractivity contribution in [3.63, 3.8) is 0 Å². The highest BCUT2D eigenvalue weighted by atomic mass is 16.5. The van der Waals surface area contributed by atoms with Crippen LogP contribution in [0.2, 0.25) is 0 Å². The SMILES string of the molecule is COc1cccc2c1CC(C)C2(O)CN. The third-order valence-electron chi connectivity index (χ3n) is 3.46. The first-order valence-electron chi connectivity index (χ1n) is 5.22. The lowest BCUT2D eigenvalue weighted by atomic mass is 9.89. The van der Waals surface area contributed by atoms with Crippen LogP contribution in [0.4, 0.5) is 0 Å². The number of fused-ring (bicyclic) bond motifs is 1. The monoisotopic (exact) mass is 207 g/mol. The summed E-state index contributed by atoms with van der Waals surface area (Å²) in [6.45, 7) is 2.28. The van der Waals surface area contributed by atoms with Crippen LogP contribution in [0, 0.1) is 5.92 Å². The number of hydrogen-bond acceptors (Lipinski definition) is 3. The van der Waals surface area contributed by atoms with Crippen LogP contribution in [-0.2, 0) is 12.0 Å². The van der Waals surface area contributed by atoms with Gasteiger partial charge in [0.15, 0.2) is 0 Å². The lowest BCUT2D eigenvalue weighted by molar-refractivity contribution is 0.00498. The minimum Gasteiger partial charge on any atom is -0.496 e. The van der Waals surface area contributed by atoms with Crippen molar-refractivity contribution in [2.75, 3.05) is 13.7 Å². The number of nitrogens with two attached hydrogens (primary N) is 1. The maximum absolute atomic E-state index is 10.5. The molecule has 0 saturated heterocycles. The summed E-state index contributed by atoms with van der Waals surface area (Å²) in [6, 6.07) is 5.76. The second-order valence-corrected chi connectivity index (χ2v) is 4.22. The molecule has 0 spiro atoms. The molecule has 2 atom stereocenters. The van der Waals surface area contributed by atoms with E-state index < -0.39 is 5.60 Å². The van der Waals surface area contributed by atoms with Gasteiger partial charge in [-0.25, -0.2) is 0 Å². The predicted octanol–water partition coefficient (Wildman–Crippen LogP) is 1.03. The molecule has 1 aliphatic carbocycles. The first-order chi connectivity index (χ1) is 7.13. The number of hydrogen-bond donors (Lipinski definition) is 2. The Labute approximate surface area is 89.9 Å². The van der Waals surface area contributed by atoms with Crippen LogP contribution >= 0.6 is 0 Å². The second-order valence-electron chi connectivity index (χ2n) is 4.22. The lowest BCUT2D eigenvalue weighted by Crippen LogP contribution is -2.38. The van der Waals surface area contributed by atoms with Crippen LogP contribution in [0.5, 0.6) is 5.75 Å². The van der Waals surface area contributed by atoms with Crippen molar-refractivity contribution >= 4 is 0 Å². The molecular formula is C12H17NO2. The Morgan fingerprint density at radius 3 is 2.93 bits per heavy atom. The average molecular weight is 207 g/mol. The Balaban J connectivity index is 2.56. The Kier molecular flexibility index (Phi) is 2.44. The molecule has 82 valence electrons. The van der Waals surface area contributed by atoms with E-state index in [2.05, 4.69) is 0 Å². The van der Waals surface area contributed by atoms with Crippen LogP contribution < -0.4 is 10.5 Å². The molecule has 0 saturated carbocycles. The molecule has 2 unspecified atom stereocenters. The van der Waals surface area contributed by atoms with Gasteiger partial charge in [0.05, 0.1) is 7.11 Å². The van der Waals surface area contributed by atoms with E-state index in [0.29, 0.717) is 0 Å². The smallest absolute Gasteiger partial charge is 0.122 e. The first kappa shape index (κ1) is 10.5. The van der Waals surface area contributed by atoms with E-state index in [4.69, 9.17) is 10.5 Å². The minimum atomic E-state index is -0.885. The van der Waals surface area contributed by atoms with Crippen molar-refractivity contribution in [1.29, 1.82) is 0 Å². The zero-order chi connectivity index (χ0) is 11.1. The lowest BCUT2D eigenvalue weighted by Gasteiger charge is -2.27. The maximum Gasteiger partial charge on any atom is 0.122 e. The summed E-state index contributed by atoms with van der Waals surface area (Å²) in [6.07, 6.45) is 0.826. The van der Waals surface area contributed by atoms with Gasteiger partial charge in [-0.15, -0.1) is 0 Å². The number of benzene rings is 1. The molecule has 0 fully saturated rings. The fourth-order valence-electron chi connectivity index (χ4n) is 2.42. The highest BCUT2D eigenvalue weighted by Gasteiger charge is 2.42. The van der Waals surface area contributed by atoms with Gasteiger partial charge in [-0.1, -0.05) is 19.1 Å². The van der Waals surface area contributed by atoms with Gasteiger partial charge in [-0.2, -0.15) is 0 Å². The zero-order valence-corrected chi connectivity index (χ0v) is 9.16. The summed E-state index contributed by atoms with van der Waals surface area (Å²) in [4.78, 5) is 0. The van der Waals surface area contributed by atoms with Crippen molar-refractivity contribution in [3.8, 4) is 5.75 Å². The summed E-state index contributed by atoms with van der Waals surface area (Å²) in [5.74, 6) is 0.998. The normalized spacial score (nSPS) is 28.9. The fourth-order valence-corrected chi connectivity index (χ4v) is 2.42. The number of rotatable bonds is 2. The third kappa shape index (κ3) is 1.34. The number of methoxy groups -OCH3 is 1. The maximum atomic E-state index is 10.5. The Bertz CT molecular complexity index is 378. The molecule has 3 nitrogen and oxygen atoms in total. The van der Waals surface area contributed by atoms with Gasteiger partial charge in [-0.3, -0.25) is 0 Å². The van der Waals surface area contributed by atoms with Gasteiger partial charge in [-0.05, 0) is 24.0 Å². The summed E-state index contributed by atoms with van der Waals surface area (Å²) in [7, 11) is 1.65. The highest BCUT2D eigenvalue weighted by Crippen LogP contribution is 2.44. The predicted molar refractivity (Wildman–Crippen MR) is 58.8 cm³/mol. The molecule has 0 aliphatic heterocycles. The Morgan fingerprint density at radius 2 is 2.33 bits per heavy atom. The first-order valence-corrected chi connectivity index (χ1v) is 5.22. The van der Waals surface area contributed by atoms with E-state index in [9.17, 15) is 5.11 Å². The molecule has 1 aliphatic rings. The third-order valence-corrected chi connectivity index (χ3v) is 3.46. The van der Waals surface area contributed by atoms with Gasteiger partial charge < -0.3 is 15.6 Å². The van der Waals surface area contributed by atoms with Crippen molar-refractivity contribution in [2.24, 2.45) is 11.7 Å². The van der Waals surface area contributed by atoms with Crippen LogP contribution in [0.1, 0.15) is 18.1 Å². The highest BCUT2D eigenvalue weighted by molar-refractivity contribution is 5.47. The standard InChI is InChI=1S/C12H17NO2/c1-8-6-9-10(12(8,14)7-13)4-3-5-11(9)15-2/h3-5,8,14H,6-7,13H2,1-2H3.